The second-order valence-corrected chi connectivity index (χ2v) is 17.3. The van der Waals surface area contributed by atoms with Crippen LogP contribution in [0.3, 0.4) is 0 Å². The van der Waals surface area contributed by atoms with Crippen LogP contribution < -0.4 is 14.2 Å². The molecule has 0 fully saturated rings. The zero-order chi connectivity index (χ0) is 50.5. The number of carbonyl (C=O) groups excluding carboxylic acids is 7. The van der Waals surface area contributed by atoms with E-state index in [0.29, 0.717) is 0 Å². The Morgan fingerprint density at radius 1 is 0.388 bits per heavy atom. The summed E-state index contributed by atoms with van der Waals surface area (Å²) in [6.45, 7) is 7.60. The number of esters is 7. The molecule has 366 valence electrons. The van der Waals surface area contributed by atoms with Crippen LogP contribution in [0.4, 0.5) is 26.3 Å². The van der Waals surface area contributed by atoms with Crippen molar-refractivity contribution in [2.24, 2.45) is 0 Å². The van der Waals surface area contributed by atoms with Crippen molar-refractivity contribution in [2.75, 3.05) is 0 Å². The number of ether oxygens (including phenoxy) is 7. The third-order valence-corrected chi connectivity index (χ3v) is 9.60. The molecule has 0 aliphatic carbocycles. The van der Waals surface area contributed by atoms with Gasteiger partial charge in [0.05, 0.1) is 12.8 Å². The van der Waals surface area contributed by atoms with E-state index in [2.05, 4.69) is 0 Å². The summed E-state index contributed by atoms with van der Waals surface area (Å²) >= 11 is 0. The van der Waals surface area contributed by atoms with Gasteiger partial charge in [-0.2, -0.15) is 26.3 Å². The summed E-state index contributed by atoms with van der Waals surface area (Å²) in [7, 11) is 0. The Morgan fingerprint density at radius 3 is 0.925 bits per heavy atom. The fourth-order valence-electron chi connectivity index (χ4n) is 5.94. The molecule has 0 aliphatic rings. The first-order valence-electron chi connectivity index (χ1n) is 20.7. The molecule has 0 amide bonds. The zero-order valence-electron chi connectivity index (χ0n) is 37.8. The molecule has 67 heavy (non-hydrogen) atoms. The van der Waals surface area contributed by atoms with Crippen molar-refractivity contribution in [2.45, 2.75) is 140 Å². The van der Waals surface area contributed by atoms with Gasteiger partial charge < -0.3 is 33.2 Å². The van der Waals surface area contributed by atoms with Gasteiger partial charge in [0.15, 0.2) is 0 Å². The molecule has 20 heteroatoms. The van der Waals surface area contributed by atoms with Gasteiger partial charge in [0.2, 0.25) is 5.60 Å². The number of halogens is 6. The smallest absolute Gasteiger partial charge is 0.382 e. The van der Waals surface area contributed by atoms with Gasteiger partial charge in [-0.25, -0.2) is 19.2 Å². The number of hydrogen-bond acceptors (Lipinski definition) is 14. The van der Waals surface area contributed by atoms with Crippen LogP contribution in [0, 0.1) is 0 Å². The largest absolute Gasteiger partial charge is 0.460 e. The maximum absolute atomic E-state index is 15.0. The topological polar surface area (TPSA) is 184 Å². The molecule has 0 spiro atoms. The molecule has 14 nitrogen and oxygen atoms in total. The van der Waals surface area contributed by atoms with Gasteiger partial charge in [-0.15, -0.1) is 0 Å². The van der Waals surface area contributed by atoms with Crippen LogP contribution in [0.25, 0.3) is 0 Å². The number of para-hydroxylation sites is 3. The molecule has 0 atom stereocenters. The summed E-state index contributed by atoms with van der Waals surface area (Å²) in [5.41, 5.74) is -8.79. The molecule has 0 heterocycles. The summed E-state index contributed by atoms with van der Waals surface area (Å²) < 4.78 is 126. The van der Waals surface area contributed by atoms with E-state index in [1.807, 2.05) is 0 Å². The zero-order valence-corrected chi connectivity index (χ0v) is 37.8. The van der Waals surface area contributed by atoms with Crippen LogP contribution in [0.5, 0.6) is 17.2 Å². The highest BCUT2D eigenvalue weighted by Gasteiger charge is 2.53. The van der Waals surface area contributed by atoms with E-state index >= 15 is 8.78 Å². The van der Waals surface area contributed by atoms with Crippen LogP contribution in [0.15, 0.2) is 91.0 Å². The van der Waals surface area contributed by atoms with Crippen LogP contribution >= 0.6 is 0 Å². The van der Waals surface area contributed by atoms with E-state index in [0.717, 1.165) is 48.5 Å². The van der Waals surface area contributed by atoms with E-state index in [1.165, 1.54) is 72.8 Å². The summed E-state index contributed by atoms with van der Waals surface area (Å²) in [6, 6.07) is 20.9. The van der Waals surface area contributed by atoms with Gasteiger partial charge in [0, 0.05) is 26.2 Å². The standard InChI is InChI=1S/C47H52F6O14/c1-31(54)64-44(37(57)67-43(6,7)25-28-47(52,53)40(60)63-34-21-15-10-16-22-34,29-35(55)65-41(2,3)23-26-45(48,49)38(58)61-32-17-11-8-12-18-32)30-36(56)66-42(4,5)24-27-46(50,51)39(59)62-33-19-13-9-14-20-33/h8-22H,23-30H2,1-7H3. The summed E-state index contributed by atoms with van der Waals surface area (Å²) in [6.07, 6.45) is -8.76. The monoisotopic (exact) mass is 954 g/mol. The molecule has 0 bridgehead atoms. The first-order chi connectivity index (χ1) is 30.9. The Balaban J connectivity index is 1.86. The lowest BCUT2D eigenvalue weighted by atomic mass is 9.92. The minimum Gasteiger partial charge on any atom is -0.460 e. The van der Waals surface area contributed by atoms with Crippen molar-refractivity contribution in [1.82, 2.24) is 0 Å². The van der Waals surface area contributed by atoms with Crippen LogP contribution in [0.2, 0.25) is 0 Å². The number of alkyl halides is 6. The maximum Gasteiger partial charge on any atom is 0.382 e. The van der Waals surface area contributed by atoms with E-state index < -0.39 is 133 Å². The van der Waals surface area contributed by atoms with Gasteiger partial charge >= 0.3 is 59.6 Å². The number of benzene rings is 3. The molecule has 3 aromatic carbocycles. The Hall–Kier alpha value is -6.47. The summed E-state index contributed by atoms with van der Waals surface area (Å²) in [5, 5.41) is 0. The lowest BCUT2D eigenvalue weighted by Gasteiger charge is -2.36. The number of carbonyl (C=O) groups is 7. The van der Waals surface area contributed by atoms with Crippen molar-refractivity contribution in [3.05, 3.63) is 91.0 Å². The quantitative estimate of drug-likeness (QED) is 0.0358. The molecule has 3 aromatic rings. The van der Waals surface area contributed by atoms with Gasteiger partial charge in [-0.3, -0.25) is 14.4 Å². The fraction of sp³-hybridized carbons (Fsp3) is 0.468. The van der Waals surface area contributed by atoms with Crippen molar-refractivity contribution < 1.29 is 93.1 Å². The molecular weight excluding hydrogens is 902 g/mol. The third kappa shape index (κ3) is 18.0. The first-order valence-corrected chi connectivity index (χ1v) is 20.7. The highest BCUT2D eigenvalue weighted by Crippen LogP contribution is 2.36. The van der Waals surface area contributed by atoms with Crippen LogP contribution in [0.1, 0.15) is 99.8 Å². The van der Waals surface area contributed by atoms with Crippen LogP contribution in [-0.4, -0.2) is 82.0 Å². The predicted molar refractivity (Wildman–Crippen MR) is 223 cm³/mol. The number of rotatable bonds is 24. The summed E-state index contributed by atoms with van der Waals surface area (Å²) in [5.74, 6) is -24.6. The van der Waals surface area contributed by atoms with Crippen molar-refractivity contribution >= 4 is 41.8 Å². The molecule has 3 rings (SSSR count). The highest BCUT2D eigenvalue weighted by atomic mass is 19.3. The van der Waals surface area contributed by atoms with Gasteiger partial charge in [-0.05, 0) is 97.2 Å². The first kappa shape index (κ1) is 54.9. The third-order valence-electron chi connectivity index (χ3n) is 9.60. The average molecular weight is 955 g/mol. The SMILES string of the molecule is CC(=O)OC(CC(=O)OC(C)(C)CCC(F)(F)C(=O)Oc1ccccc1)(CC(=O)OC(C)(C)CCC(F)(F)C(=O)Oc1ccccc1)C(=O)OC(C)(C)CCC(F)(F)C(=O)Oc1ccccc1. The molecule has 0 N–H and O–H groups in total. The maximum atomic E-state index is 15.0. The summed E-state index contributed by atoms with van der Waals surface area (Å²) in [4.78, 5) is 91.1. The number of hydrogen-bond donors (Lipinski definition) is 0. The minimum atomic E-state index is -4.15. The van der Waals surface area contributed by atoms with Crippen molar-refractivity contribution in [3.63, 3.8) is 0 Å². The Morgan fingerprint density at radius 2 is 0.657 bits per heavy atom. The molecule has 0 aliphatic heterocycles. The fourth-order valence-corrected chi connectivity index (χ4v) is 5.94. The van der Waals surface area contributed by atoms with Crippen molar-refractivity contribution in [1.29, 1.82) is 0 Å². The van der Waals surface area contributed by atoms with E-state index in [4.69, 9.17) is 33.2 Å². The molecule has 0 saturated heterocycles. The van der Waals surface area contributed by atoms with E-state index in [1.54, 1.807) is 18.2 Å². The van der Waals surface area contributed by atoms with Gasteiger partial charge in [0.25, 0.3) is 0 Å². The second-order valence-electron chi connectivity index (χ2n) is 17.3. The second kappa shape index (κ2) is 22.3. The average Bonchev–Trinajstić information content (AvgIpc) is 3.22. The minimum absolute atomic E-state index is 0.169. The molecule has 0 saturated carbocycles. The highest BCUT2D eigenvalue weighted by molar-refractivity contribution is 5.92. The lowest BCUT2D eigenvalue weighted by Crippen LogP contribution is -2.52. The molecule has 0 aromatic heterocycles. The van der Waals surface area contributed by atoms with Gasteiger partial charge in [0.1, 0.15) is 34.1 Å². The molecule has 0 unspecified atom stereocenters. The Kier molecular flexibility index (Phi) is 18.3. The van der Waals surface area contributed by atoms with E-state index in [-0.39, 0.29) is 17.2 Å². The Labute approximate surface area is 382 Å². The Bertz CT molecular complexity index is 2100. The van der Waals surface area contributed by atoms with Crippen molar-refractivity contribution in [3.8, 4) is 17.2 Å². The van der Waals surface area contributed by atoms with E-state index in [9.17, 15) is 51.1 Å². The lowest BCUT2D eigenvalue weighted by molar-refractivity contribution is -0.203. The normalized spacial score (nSPS) is 12.6. The van der Waals surface area contributed by atoms with Gasteiger partial charge in [-0.1, -0.05) is 54.6 Å². The van der Waals surface area contributed by atoms with Crippen LogP contribution in [-0.2, 0) is 52.5 Å². The molecular formula is C47H52F6O14. The molecule has 0 radical (unpaired) electrons. The predicted octanol–water partition coefficient (Wildman–Crippen LogP) is 9.10.